The lowest BCUT2D eigenvalue weighted by Crippen LogP contribution is -2.33. The number of nitrogens with zero attached hydrogens (tertiary/aromatic N) is 2. The maximum Gasteiger partial charge on any atom is 0.337 e. The molecule has 0 spiro atoms. The molecule has 6 heteroatoms. The summed E-state index contributed by atoms with van der Waals surface area (Å²) in [5.74, 6) is -2.36. The number of hydrogen-bond donors (Lipinski definition) is 1. The number of carbonyl (C=O) groups excluding carboxylic acids is 1. The number of ether oxygens (including phenoxy) is 1. The SMILES string of the molecule is C=CCOC(=O)C1=C(C)N(C)C(C)=C(C(=O)O)C1c1cccnc1. The molecule has 1 atom stereocenters. The van der Waals surface area contributed by atoms with Gasteiger partial charge in [-0.2, -0.15) is 0 Å². The summed E-state index contributed by atoms with van der Waals surface area (Å²) in [4.78, 5) is 30.2. The number of carboxylic acid groups (broad SMARTS) is 1. The smallest absolute Gasteiger partial charge is 0.337 e. The first kappa shape index (κ1) is 17.5. The fraction of sp³-hybridized carbons (Fsp3) is 0.278. The van der Waals surface area contributed by atoms with Gasteiger partial charge in [-0.3, -0.25) is 4.98 Å². The van der Waals surface area contributed by atoms with Crippen molar-refractivity contribution in [1.82, 2.24) is 9.88 Å². The quantitative estimate of drug-likeness (QED) is 0.661. The van der Waals surface area contributed by atoms with Crippen LogP contribution in [0.1, 0.15) is 25.3 Å². The summed E-state index contributed by atoms with van der Waals surface area (Å²) < 4.78 is 5.19. The molecule has 1 N–H and O–H groups in total. The van der Waals surface area contributed by atoms with E-state index in [2.05, 4.69) is 11.6 Å². The molecular formula is C18H20N2O4. The van der Waals surface area contributed by atoms with Crippen LogP contribution in [0.25, 0.3) is 0 Å². The number of esters is 1. The molecule has 1 unspecified atom stereocenters. The first-order valence-corrected chi connectivity index (χ1v) is 7.46. The molecule has 2 rings (SSSR count). The summed E-state index contributed by atoms with van der Waals surface area (Å²) in [5, 5.41) is 9.72. The molecule has 6 nitrogen and oxygen atoms in total. The van der Waals surface area contributed by atoms with Crippen molar-refractivity contribution >= 4 is 11.9 Å². The van der Waals surface area contributed by atoms with Gasteiger partial charge in [0.1, 0.15) is 6.61 Å². The molecule has 0 radical (unpaired) electrons. The van der Waals surface area contributed by atoms with Gasteiger partial charge in [-0.1, -0.05) is 18.7 Å². The number of allylic oxidation sites excluding steroid dienone is 2. The molecular weight excluding hydrogens is 308 g/mol. The monoisotopic (exact) mass is 328 g/mol. The molecule has 0 aliphatic carbocycles. The van der Waals surface area contributed by atoms with Crippen LogP contribution in [0.4, 0.5) is 0 Å². The summed E-state index contributed by atoms with van der Waals surface area (Å²) in [6, 6.07) is 3.47. The highest BCUT2D eigenvalue weighted by molar-refractivity contribution is 5.99. The summed E-state index contributed by atoms with van der Waals surface area (Å²) in [5.41, 5.74) is 2.30. The molecule has 1 aliphatic rings. The fourth-order valence-electron chi connectivity index (χ4n) is 2.81. The fourth-order valence-corrected chi connectivity index (χ4v) is 2.81. The van der Waals surface area contributed by atoms with Gasteiger partial charge < -0.3 is 14.7 Å². The minimum absolute atomic E-state index is 0.0597. The normalized spacial score (nSPS) is 17.8. The second kappa shape index (κ2) is 7.12. The van der Waals surface area contributed by atoms with Crippen molar-refractivity contribution < 1.29 is 19.4 Å². The highest BCUT2D eigenvalue weighted by Gasteiger charge is 2.39. The minimum atomic E-state index is -1.07. The van der Waals surface area contributed by atoms with Crippen LogP contribution >= 0.6 is 0 Å². The van der Waals surface area contributed by atoms with Gasteiger partial charge in [0, 0.05) is 30.8 Å². The Bertz CT molecular complexity index is 735. The van der Waals surface area contributed by atoms with Crippen molar-refractivity contribution in [3.8, 4) is 0 Å². The number of rotatable bonds is 5. The molecule has 0 fully saturated rings. The maximum atomic E-state index is 12.6. The molecule has 126 valence electrons. The Morgan fingerprint density at radius 2 is 2.04 bits per heavy atom. The van der Waals surface area contributed by atoms with Gasteiger partial charge in [0.2, 0.25) is 0 Å². The lowest BCUT2D eigenvalue weighted by molar-refractivity contribution is -0.138. The molecule has 0 bridgehead atoms. The lowest BCUT2D eigenvalue weighted by Gasteiger charge is -2.35. The standard InChI is InChI=1S/C18H20N2O4/c1-5-9-24-18(23)15-12(3)20(4)11(2)14(17(21)22)16(15)13-7-6-8-19-10-13/h5-8,10,16H,1,9H2,2-4H3,(H,21,22). The Kier molecular flexibility index (Phi) is 5.18. The maximum absolute atomic E-state index is 12.6. The van der Waals surface area contributed by atoms with E-state index in [1.54, 1.807) is 50.3 Å². The molecule has 0 aromatic carbocycles. The van der Waals surface area contributed by atoms with E-state index in [1.165, 1.54) is 6.08 Å². The van der Waals surface area contributed by atoms with Gasteiger partial charge in [-0.05, 0) is 25.5 Å². The average molecular weight is 328 g/mol. The third-order valence-electron chi connectivity index (χ3n) is 4.16. The summed E-state index contributed by atoms with van der Waals surface area (Å²) >= 11 is 0. The number of pyridine rings is 1. The van der Waals surface area contributed by atoms with Crippen LogP contribution in [-0.2, 0) is 14.3 Å². The Hall–Kier alpha value is -2.89. The van der Waals surface area contributed by atoms with E-state index in [4.69, 9.17) is 4.74 Å². The average Bonchev–Trinajstić information content (AvgIpc) is 2.57. The van der Waals surface area contributed by atoms with Crippen LogP contribution in [0.2, 0.25) is 0 Å². The zero-order valence-corrected chi connectivity index (χ0v) is 13.9. The first-order chi connectivity index (χ1) is 11.4. The lowest BCUT2D eigenvalue weighted by atomic mass is 9.80. The van der Waals surface area contributed by atoms with Gasteiger partial charge in [0.05, 0.1) is 17.1 Å². The molecule has 24 heavy (non-hydrogen) atoms. The van der Waals surface area contributed by atoms with Crippen molar-refractivity contribution in [3.05, 3.63) is 65.3 Å². The Balaban J connectivity index is 2.65. The summed E-state index contributed by atoms with van der Waals surface area (Å²) in [6.45, 7) is 7.08. The Morgan fingerprint density at radius 1 is 1.38 bits per heavy atom. The number of hydrogen-bond acceptors (Lipinski definition) is 5. The topological polar surface area (TPSA) is 79.7 Å². The number of carboxylic acids is 1. The van der Waals surface area contributed by atoms with Crippen LogP contribution in [0.15, 0.2) is 59.7 Å². The third-order valence-corrected chi connectivity index (χ3v) is 4.16. The Morgan fingerprint density at radius 3 is 2.58 bits per heavy atom. The van der Waals surface area contributed by atoms with E-state index in [0.717, 1.165) is 0 Å². The molecule has 1 aliphatic heterocycles. The number of carbonyl (C=O) groups is 2. The second-order valence-electron chi connectivity index (χ2n) is 5.47. The van der Waals surface area contributed by atoms with Crippen molar-refractivity contribution in [2.24, 2.45) is 0 Å². The van der Waals surface area contributed by atoms with E-state index in [0.29, 0.717) is 22.5 Å². The van der Waals surface area contributed by atoms with Crippen molar-refractivity contribution in [2.45, 2.75) is 19.8 Å². The second-order valence-corrected chi connectivity index (χ2v) is 5.47. The zero-order chi connectivity index (χ0) is 17.9. The van der Waals surface area contributed by atoms with E-state index in [9.17, 15) is 14.7 Å². The van der Waals surface area contributed by atoms with Crippen molar-refractivity contribution in [1.29, 1.82) is 0 Å². The zero-order valence-electron chi connectivity index (χ0n) is 13.9. The predicted octanol–water partition coefficient (Wildman–Crippen LogP) is 2.47. The van der Waals surface area contributed by atoms with Crippen molar-refractivity contribution in [3.63, 3.8) is 0 Å². The molecule has 0 saturated heterocycles. The van der Waals surface area contributed by atoms with Crippen LogP contribution in [0.3, 0.4) is 0 Å². The van der Waals surface area contributed by atoms with Crippen LogP contribution in [0.5, 0.6) is 0 Å². The highest BCUT2D eigenvalue weighted by Crippen LogP contribution is 2.41. The minimum Gasteiger partial charge on any atom is -0.478 e. The van der Waals surface area contributed by atoms with Crippen LogP contribution < -0.4 is 0 Å². The van der Waals surface area contributed by atoms with Gasteiger partial charge in [0.15, 0.2) is 0 Å². The number of aliphatic carboxylic acids is 1. The van der Waals surface area contributed by atoms with Gasteiger partial charge in [-0.15, -0.1) is 0 Å². The molecule has 1 aromatic heterocycles. The van der Waals surface area contributed by atoms with Crippen LogP contribution in [-0.4, -0.2) is 40.6 Å². The van der Waals surface area contributed by atoms with Gasteiger partial charge >= 0.3 is 11.9 Å². The highest BCUT2D eigenvalue weighted by atomic mass is 16.5. The summed E-state index contributed by atoms with van der Waals surface area (Å²) in [6.07, 6.45) is 4.64. The predicted molar refractivity (Wildman–Crippen MR) is 88.9 cm³/mol. The summed E-state index contributed by atoms with van der Waals surface area (Å²) in [7, 11) is 1.73. The number of aromatic nitrogens is 1. The van der Waals surface area contributed by atoms with E-state index in [-0.39, 0.29) is 12.2 Å². The largest absolute Gasteiger partial charge is 0.478 e. The van der Waals surface area contributed by atoms with E-state index >= 15 is 0 Å². The first-order valence-electron chi connectivity index (χ1n) is 7.46. The molecule has 2 heterocycles. The van der Waals surface area contributed by atoms with E-state index < -0.39 is 17.9 Å². The third kappa shape index (κ3) is 3.08. The molecule has 1 aromatic rings. The molecule has 0 saturated carbocycles. The Labute approximate surface area is 140 Å². The van der Waals surface area contributed by atoms with E-state index in [1.807, 2.05) is 0 Å². The van der Waals surface area contributed by atoms with Gasteiger partial charge in [0.25, 0.3) is 0 Å². The molecule has 0 amide bonds. The van der Waals surface area contributed by atoms with Gasteiger partial charge in [-0.25, -0.2) is 9.59 Å². The van der Waals surface area contributed by atoms with Crippen molar-refractivity contribution in [2.75, 3.05) is 13.7 Å². The van der Waals surface area contributed by atoms with Crippen LogP contribution in [0, 0.1) is 0 Å².